The van der Waals surface area contributed by atoms with Gasteiger partial charge in [-0.1, -0.05) is 42.0 Å². The van der Waals surface area contributed by atoms with Crippen molar-refractivity contribution < 1.29 is 9.53 Å². The molecule has 0 bridgehead atoms. The maximum absolute atomic E-state index is 13.2. The van der Waals surface area contributed by atoms with Crippen molar-refractivity contribution in [3.63, 3.8) is 0 Å². The van der Waals surface area contributed by atoms with Crippen LogP contribution in [0.2, 0.25) is 0 Å². The van der Waals surface area contributed by atoms with E-state index in [0.717, 1.165) is 28.1 Å². The molecule has 0 unspecified atom stereocenters. The SMILES string of the molecule is C\C=C(C(=O)Nc1ccc(C)cc1)/C(C)=C(C)/C(Nc1ccc(Oc2ccccc2)cc1)=C(/C#N)C=NC. The molecular formula is C32H32N4O2. The van der Waals surface area contributed by atoms with Crippen LogP contribution < -0.4 is 15.4 Å². The lowest BCUT2D eigenvalue weighted by Crippen LogP contribution is -2.17. The van der Waals surface area contributed by atoms with Crippen molar-refractivity contribution in [3.8, 4) is 17.6 Å². The van der Waals surface area contributed by atoms with Gasteiger partial charge in [-0.05, 0) is 87.4 Å². The van der Waals surface area contributed by atoms with E-state index in [4.69, 9.17) is 4.74 Å². The van der Waals surface area contributed by atoms with Crippen LogP contribution in [-0.2, 0) is 4.79 Å². The fourth-order valence-electron chi connectivity index (χ4n) is 3.76. The van der Waals surface area contributed by atoms with E-state index in [1.54, 1.807) is 13.1 Å². The number of anilines is 2. The summed E-state index contributed by atoms with van der Waals surface area (Å²) in [7, 11) is 1.61. The van der Waals surface area contributed by atoms with Crippen LogP contribution in [0.5, 0.6) is 11.5 Å². The van der Waals surface area contributed by atoms with Crippen molar-refractivity contribution in [1.82, 2.24) is 0 Å². The van der Waals surface area contributed by atoms with Crippen molar-refractivity contribution in [2.24, 2.45) is 4.99 Å². The normalized spacial score (nSPS) is 12.8. The fourth-order valence-corrected chi connectivity index (χ4v) is 3.76. The summed E-state index contributed by atoms with van der Waals surface area (Å²) in [4.78, 5) is 17.2. The van der Waals surface area contributed by atoms with Gasteiger partial charge in [0, 0.05) is 30.2 Å². The van der Waals surface area contributed by atoms with Crippen molar-refractivity contribution in [2.45, 2.75) is 27.7 Å². The number of carbonyl (C=O) groups excluding carboxylic acids is 1. The monoisotopic (exact) mass is 504 g/mol. The molecule has 6 nitrogen and oxygen atoms in total. The molecule has 2 N–H and O–H groups in total. The lowest BCUT2D eigenvalue weighted by molar-refractivity contribution is -0.112. The van der Waals surface area contributed by atoms with Gasteiger partial charge in [-0.3, -0.25) is 9.79 Å². The average Bonchev–Trinajstić information content (AvgIpc) is 2.93. The molecule has 192 valence electrons. The first-order valence-electron chi connectivity index (χ1n) is 12.2. The number of amides is 1. The number of aryl methyl sites for hydroxylation is 1. The molecule has 38 heavy (non-hydrogen) atoms. The minimum Gasteiger partial charge on any atom is -0.457 e. The molecule has 0 spiro atoms. The highest BCUT2D eigenvalue weighted by Crippen LogP contribution is 2.28. The highest BCUT2D eigenvalue weighted by Gasteiger charge is 2.17. The van der Waals surface area contributed by atoms with Crippen LogP contribution in [0.3, 0.4) is 0 Å². The van der Waals surface area contributed by atoms with Crippen LogP contribution in [0.25, 0.3) is 0 Å². The molecule has 3 rings (SSSR count). The maximum Gasteiger partial charge on any atom is 0.255 e. The second kappa shape index (κ2) is 13.4. The Morgan fingerprint density at radius 2 is 1.45 bits per heavy atom. The number of nitriles is 1. The van der Waals surface area contributed by atoms with Crippen LogP contribution in [0.15, 0.2) is 118 Å². The highest BCUT2D eigenvalue weighted by molar-refractivity contribution is 6.07. The fraction of sp³-hybridized carbons (Fsp3) is 0.156. The summed E-state index contributed by atoms with van der Waals surface area (Å²) in [6.07, 6.45) is 3.28. The van der Waals surface area contributed by atoms with Gasteiger partial charge in [0.25, 0.3) is 5.91 Å². The Morgan fingerprint density at radius 1 is 0.868 bits per heavy atom. The van der Waals surface area contributed by atoms with Crippen molar-refractivity contribution in [3.05, 3.63) is 118 Å². The average molecular weight is 505 g/mol. The molecule has 0 aliphatic carbocycles. The topological polar surface area (TPSA) is 86.5 Å². The molecule has 0 aromatic heterocycles. The van der Waals surface area contributed by atoms with E-state index in [2.05, 4.69) is 21.7 Å². The number of aliphatic imine (C=N–C) groups is 1. The Kier molecular flexibility index (Phi) is 9.79. The molecule has 3 aromatic carbocycles. The number of hydrogen-bond donors (Lipinski definition) is 2. The Bertz CT molecular complexity index is 1420. The maximum atomic E-state index is 13.2. The summed E-state index contributed by atoms with van der Waals surface area (Å²) < 4.78 is 5.88. The number of para-hydroxylation sites is 1. The van der Waals surface area contributed by atoms with Crippen LogP contribution in [0.1, 0.15) is 26.3 Å². The minimum absolute atomic E-state index is 0.224. The zero-order chi connectivity index (χ0) is 27.5. The smallest absolute Gasteiger partial charge is 0.255 e. The predicted molar refractivity (Wildman–Crippen MR) is 156 cm³/mol. The number of nitrogens with one attached hydrogen (secondary N) is 2. The summed E-state index contributed by atoms with van der Waals surface area (Å²) in [6, 6.07) is 26.9. The van der Waals surface area contributed by atoms with Gasteiger partial charge in [0.15, 0.2) is 0 Å². The van der Waals surface area contributed by atoms with Crippen LogP contribution in [0, 0.1) is 18.3 Å². The van der Waals surface area contributed by atoms with E-state index in [-0.39, 0.29) is 5.91 Å². The van der Waals surface area contributed by atoms with Crippen LogP contribution in [-0.4, -0.2) is 19.2 Å². The summed E-state index contributed by atoms with van der Waals surface area (Å²) in [5.41, 5.74) is 5.50. The van der Waals surface area contributed by atoms with Gasteiger partial charge in [0.1, 0.15) is 17.6 Å². The lowest BCUT2D eigenvalue weighted by Gasteiger charge is -2.18. The van der Waals surface area contributed by atoms with Crippen LogP contribution >= 0.6 is 0 Å². The van der Waals surface area contributed by atoms with E-state index in [1.807, 2.05) is 107 Å². The van der Waals surface area contributed by atoms with Gasteiger partial charge in [-0.25, -0.2) is 0 Å². The lowest BCUT2D eigenvalue weighted by atomic mass is 9.97. The molecule has 0 heterocycles. The second-order valence-electron chi connectivity index (χ2n) is 8.62. The first-order valence-corrected chi connectivity index (χ1v) is 12.2. The number of carbonyl (C=O) groups is 1. The summed E-state index contributed by atoms with van der Waals surface area (Å²) in [5, 5.41) is 16.2. The van der Waals surface area contributed by atoms with Gasteiger partial charge in [-0.15, -0.1) is 0 Å². The molecule has 0 aliphatic rings. The largest absolute Gasteiger partial charge is 0.457 e. The zero-order valence-corrected chi connectivity index (χ0v) is 22.4. The van der Waals surface area contributed by atoms with Crippen LogP contribution in [0.4, 0.5) is 11.4 Å². The standard InChI is InChI=1S/C32H32N4O2/c1-6-30(32(37)36-27-14-12-22(2)13-15-27)23(3)24(4)31(25(20-33)21-34-5)35-26-16-18-29(19-17-26)38-28-10-8-7-9-11-28/h6-19,21,35H,1-5H3,(H,36,37)/b24-23+,30-6+,31-25+,34-21?. The molecule has 1 amide bonds. The molecule has 0 fully saturated rings. The quantitative estimate of drug-likeness (QED) is 0.136. The number of ether oxygens (including phenoxy) is 1. The van der Waals surface area contributed by atoms with E-state index in [0.29, 0.717) is 28.3 Å². The predicted octanol–water partition coefficient (Wildman–Crippen LogP) is 7.60. The molecule has 6 heteroatoms. The number of rotatable bonds is 9. The Hall–Kier alpha value is -4.89. The summed E-state index contributed by atoms with van der Waals surface area (Å²) in [5.74, 6) is 1.21. The summed E-state index contributed by atoms with van der Waals surface area (Å²) in [6.45, 7) is 7.57. The number of nitrogens with zero attached hydrogens (tertiary/aromatic N) is 2. The Morgan fingerprint density at radius 3 is 2.03 bits per heavy atom. The number of hydrogen-bond acceptors (Lipinski definition) is 5. The van der Waals surface area contributed by atoms with Gasteiger partial charge in [0.2, 0.25) is 0 Å². The third-order valence-electron chi connectivity index (χ3n) is 5.93. The van der Waals surface area contributed by atoms with E-state index >= 15 is 0 Å². The molecular weight excluding hydrogens is 472 g/mol. The zero-order valence-electron chi connectivity index (χ0n) is 22.4. The van der Waals surface area contributed by atoms with Crippen molar-refractivity contribution in [1.29, 1.82) is 5.26 Å². The van der Waals surface area contributed by atoms with E-state index in [1.165, 1.54) is 6.21 Å². The Labute approximate surface area is 224 Å². The van der Waals surface area contributed by atoms with E-state index < -0.39 is 0 Å². The molecule has 3 aromatic rings. The number of benzene rings is 3. The number of allylic oxidation sites excluding steroid dienone is 3. The molecule has 0 radical (unpaired) electrons. The first kappa shape index (κ1) is 27.7. The third kappa shape index (κ3) is 7.31. The van der Waals surface area contributed by atoms with Gasteiger partial charge in [0.05, 0.1) is 11.3 Å². The molecule has 0 aliphatic heterocycles. The second-order valence-corrected chi connectivity index (χ2v) is 8.62. The van der Waals surface area contributed by atoms with Crippen molar-refractivity contribution >= 4 is 23.5 Å². The van der Waals surface area contributed by atoms with E-state index in [9.17, 15) is 10.1 Å². The third-order valence-corrected chi connectivity index (χ3v) is 5.93. The molecule has 0 saturated heterocycles. The summed E-state index contributed by atoms with van der Waals surface area (Å²) >= 11 is 0. The Balaban J connectivity index is 1.91. The van der Waals surface area contributed by atoms with Gasteiger partial charge >= 0.3 is 0 Å². The molecule has 0 saturated carbocycles. The molecule has 0 atom stereocenters. The first-order chi connectivity index (χ1) is 18.4. The minimum atomic E-state index is -0.224. The van der Waals surface area contributed by atoms with Crippen molar-refractivity contribution in [2.75, 3.05) is 17.7 Å². The van der Waals surface area contributed by atoms with Gasteiger partial charge < -0.3 is 15.4 Å². The van der Waals surface area contributed by atoms with Gasteiger partial charge in [-0.2, -0.15) is 5.26 Å². The highest BCUT2D eigenvalue weighted by atomic mass is 16.5.